The first-order chi connectivity index (χ1) is 22.8. The number of hydrogen-bond acceptors (Lipinski definition) is 2. The Bertz CT molecular complexity index is 2790. The SMILES string of the molecule is c1ccc(-c2nc3ccccc3nc2-n2c3ccccc3c3ccc4c(ccc5c4c4ccccc4n5-c4ccccc4)c32)cc1. The molecular weight excluding hydrogens is 560 g/mol. The van der Waals surface area contributed by atoms with Crippen LogP contribution in [0.3, 0.4) is 0 Å². The van der Waals surface area contributed by atoms with Gasteiger partial charge in [0, 0.05) is 38.2 Å². The van der Waals surface area contributed by atoms with Gasteiger partial charge in [-0.1, -0.05) is 115 Å². The Morgan fingerprint density at radius 3 is 1.72 bits per heavy atom. The van der Waals surface area contributed by atoms with Crippen LogP contribution in [0.4, 0.5) is 0 Å². The van der Waals surface area contributed by atoms with Gasteiger partial charge in [-0.2, -0.15) is 0 Å². The molecule has 3 heterocycles. The molecule has 3 aromatic heterocycles. The van der Waals surface area contributed by atoms with Crippen LogP contribution in [0.15, 0.2) is 158 Å². The van der Waals surface area contributed by atoms with Crippen LogP contribution in [0.2, 0.25) is 0 Å². The zero-order chi connectivity index (χ0) is 30.2. The van der Waals surface area contributed by atoms with E-state index in [0.717, 1.165) is 44.8 Å². The largest absolute Gasteiger partial charge is 0.309 e. The summed E-state index contributed by atoms with van der Waals surface area (Å²) in [5.74, 6) is 0.829. The van der Waals surface area contributed by atoms with E-state index >= 15 is 0 Å². The molecule has 0 spiro atoms. The number of benzene rings is 7. The maximum absolute atomic E-state index is 5.35. The van der Waals surface area contributed by atoms with E-state index in [4.69, 9.17) is 9.97 Å². The highest BCUT2D eigenvalue weighted by Gasteiger charge is 2.22. The Kier molecular flexibility index (Phi) is 5.25. The van der Waals surface area contributed by atoms with Crippen molar-refractivity contribution in [1.82, 2.24) is 19.1 Å². The Hall–Kier alpha value is -6.26. The number of fused-ring (bicyclic) bond motifs is 10. The summed E-state index contributed by atoms with van der Waals surface area (Å²) < 4.78 is 4.73. The minimum Gasteiger partial charge on any atom is -0.309 e. The van der Waals surface area contributed by atoms with Crippen LogP contribution in [0.1, 0.15) is 0 Å². The first-order valence-corrected chi connectivity index (χ1v) is 15.6. The van der Waals surface area contributed by atoms with Crippen molar-refractivity contribution in [2.24, 2.45) is 0 Å². The normalized spacial score (nSPS) is 11.9. The summed E-state index contributed by atoms with van der Waals surface area (Å²) >= 11 is 0. The molecule has 0 N–H and O–H groups in total. The van der Waals surface area contributed by atoms with Crippen molar-refractivity contribution in [3.05, 3.63) is 158 Å². The Morgan fingerprint density at radius 2 is 0.935 bits per heavy atom. The summed E-state index contributed by atoms with van der Waals surface area (Å²) in [6.07, 6.45) is 0. The van der Waals surface area contributed by atoms with Crippen LogP contribution in [-0.2, 0) is 0 Å². The van der Waals surface area contributed by atoms with Crippen molar-refractivity contribution in [1.29, 1.82) is 0 Å². The fourth-order valence-corrected chi connectivity index (χ4v) is 7.34. The van der Waals surface area contributed by atoms with Gasteiger partial charge in [-0.15, -0.1) is 0 Å². The molecule has 0 saturated heterocycles. The average Bonchev–Trinajstić information content (AvgIpc) is 3.65. The van der Waals surface area contributed by atoms with Crippen LogP contribution in [-0.4, -0.2) is 19.1 Å². The summed E-state index contributed by atoms with van der Waals surface area (Å²) in [7, 11) is 0. The lowest BCUT2D eigenvalue weighted by Gasteiger charge is -2.15. The molecule has 0 amide bonds. The van der Waals surface area contributed by atoms with Crippen molar-refractivity contribution in [2.75, 3.05) is 0 Å². The van der Waals surface area contributed by atoms with E-state index in [-0.39, 0.29) is 0 Å². The molecule has 7 aromatic carbocycles. The van der Waals surface area contributed by atoms with Crippen molar-refractivity contribution in [3.63, 3.8) is 0 Å². The van der Waals surface area contributed by atoms with Gasteiger partial charge in [-0.25, -0.2) is 9.97 Å². The molecule has 0 saturated carbocycles. The quantitative estimate of drug-likeness (QED) is 0.206. The third-order valence-electron chi connectivity index (χ3n) is 9.29. The molecule has 0 radical (unpaired) electrons. The lowest BCUT2D eigenvalue weighted by Crippen LogP contribution is -2.04. The molecule has 0 aliphatic heterocycles. The molecule has 0 aliphatic rings. The lowest BCUT2D eigenvalue weighted by atomic mass is 10.0. The fraction of sp³-hybridized carbons (Fsp3) is 0. The van der Waals surface area contributed by atoms with Crippen LogP contribution in [0.25, 0.3) is 88.2 Å². The Labute approximate surface area is 264 Å². The summed E-state index contributed by atoms with van der Waals surface area (Å²) in [5, 5.41) is 7.29. The molecule has 0 fully saturated rings. The van der Waals surface area contributed by atoms with Gasteiger partial charge < -0.3 is 4.57 Å². The summed E-state index contributed by atoms with van der Waals surface area (Å²) in [5.41, 5.74) is 9.44. The van der Waals surface area contributed by atoms with Gasteiger partial charge in [-0.05, 0) is 47.9 Å². The van der Waals surface area contributed by atoms with E-state index in [1.807, 2.05) is 24.3 Å². The number of para-hydroxylation sites is 5. The van der Waals surface area contributed by atoms with E-state index in [1.54, 1.807) is 0 Å². The number of rotatable bonds is 3. The highest BCUT2D eigenvalue weighted by atomic mass is 15.1. The van der Waals surface area contributed by atoms with E-state index < -0.39 is 0 Å². The zero-order valence-corrected chi connectivity index (χ0v) is 24.8. The first-order valence-electron chi connectivity index (χ1n) is 15.6. The lowest BCUT2D eigenvalue weighted by molar-refractivity contribution is 1.08. The van der Waals surface area contributed by atoms with Gasteiger partial charge in [0.15, 0.2) is 5.82 Å². The monoisotopic (exact) mass is 586 g/mol. The molecule has 4 heteroatoms. The molecule has 0 bridgehead atoms. The van der Waals surface area contributed by atoms with Crippen LogP contribution in [0.5, 0.6) is 0 Å². The predicted molar refractivity (Wildman–Crippen MR) is 191 cm³/mol. The highest BCUT2D eigenvalue weighted by Crippen LogP contribution is 2.43. The second kappa shape index (κ2) is 9.62. The predicted octanol–water partition coefficient (Wildman–Crippen LogP) is 10.6. The molecule has 0 aliphatic carbocycles. The van der Waals surface area contributed by atoms with Crippen molar-refractivity contribution in [2.45, 2.75) is 0 Å². The average molecular weight is 587 g/mol. The molecule has 214 valence electrons. The van der Waals surface area contributed by atoms with Gasteiger partial charge in [0.25, 0.3) is 0 Å². The van der Waals surface area contributed by atoms with Crippen molar-refractivity contribution < 1.29 is 0 Å². The second-order valence-electron chi connectivity index (χ2n) is 11.8. The summed E-state index contributed by atoms with van der Waals surface area (Å²) in [6, 6.07) is 55.8. The number of hydrogen-bond donors (Lipinski definition) is 0. The van der Waals surface area contributed by atoms with Crippen molar-refractivity contribution >= 4 is 65.4 Å². The zero-order valence-electron chi connectivity index (χ0n) is 24.8. The molecule has 46 heavy (non-hydrogen) atoms. The maximum Gasteiger partial charge on any atom is 0.165 e. The molecule has 0 atom stereocenters. The molecular formula is C42H26N4. The first kappa shape index (κ1) is 25.1. The van der Waals surface area contributed by atoms with Crippen LogP contribution < -0.4 is 0 Å². The van der Waals surface area contributed by atoms with Crippen LogP contribution >= 0.6 is 0 Å². The summed E-state index contributed by atoms with van der Waals surface area (Å²) in [4.78, 5) is 10.6. The van der Waals surface area contributed by atoms with Crippen LogP contribution in [0, 0.1) is 0 Å². The van der Waals surface area contributed by atoms with Gasteiger partial charge in [0.2, 0.25) is 0 Å². The van der Waals surface area contributed by atoms with Crippen molar-refractivity contribution in [3.8, 4) is 22.8 Å². The number of nitrogens with zero attached hydrogens (tertiary/aromatic N) is 4. The molecule has 10 rings (SSSR count). The highest BCUT2D eigenvalue weighted by molar-refractivity contribution is 6.28. The van der Waals surface area contributed by atoms with Gasteiger partial charge in [-0.3, -0.25) is 4.57 Å². The maximum atomic E-state index is 5.35. The fourth-order valence-electron chi connectivity index (χ4n) is 7.34. The second-order valence-corrected chi connectivity index (χ2v) is 11.8. The van der Waals surface area contributed by atoms with E-state index in [1.165, 1.54) is 43.4 Å². The van der Waals surface area contributed by atoms with E-state index in [9.17, 15) is 0 Å². The van der Waals surface area contributed by atoms with Gasteiger partial charge in [0.05, 0.1) is 33.1 Å². The van der Waals surface area contributed by atoms with Gasteiger partial charge in [0.1, 0.15) is 5.69 Å². The smallest absolute Gasteiger partial charge is 0.165 e. The standard InChI is InChI=1S/C42H26N4/c1-3-13-27(14-4-1)40-42(44-35-20-10-9-19-34(35)43-40)46-36-21-11-7-17-29(36)31-24-23-30-32(41(31)46)25-26-38-39(30)33-18-8-12-22-37(33)45(38)28-15-5-2-6-16-28/h1-26H. The third-order valence-corrected chi connectivity index (χ3v) is 9.29. The third kappa shape index (κ3) is 3.49. The minimum atomic E-state index is 0.829. The minimum absolute atomic E-state index is 0.829. The van der Waals surface area contributed by atoms with E-state index in [2.05, 4.69) is 143 Å². The molecule has 4 nitrogen and oxygen atoms in total. The summed E-state index contributed by atoms with van der Waals surface area (Å²) in [6.45, 7) is 0. The van der Waals surface area contributed by atoms with E-state index in [0.29, 0.717) is 0 Å². The number of aromatic nitrogens is 4. The Morgan fingerprint density at radius 1 is 0.370 bits per heavy atom. The molecule has 0 unspecified atom stereocenters. The van der Waals surface area contributed by atoms with Gasteiger partial charge >= 0.3 is 0 Å². The molecule has 10 aromatic rings. The Balaban J connectivity index is 1.39. The topological polar surface area (TPSA) is 35.6 Å².